The standard InChI is InChI=1S/C9H10BrNO2/c1-11(2)13-9(12)7-3-5-8(10)6-4-7/h3-6H,1-2H3/i1D3,2D3. The number of rotatable bonds is 2. The summed E-state index contributed by atoms with van der Waals surface area (Å²) in [5.74, 6) is -1.06. The lowest BCUT2D eigenvalue weighted by atomic mass is 10.2. The monoisotopic (exact) mass is 249 g/mol. The normalized spacial score (nSPS) is 18.9. The largest absolute Gasteiger partial charge is 0.364 e. The SMILES string of the molecule is [2H]C([2H])([2H])N(OC(=O)c1ccc(Br)cc1)C([2H])([2H])[2H]. The first-order valence-corrected chi connectivity index (χ1v) is 4.09. The summed E-state index contributed by atoms with van der Waals surface area (Å²) in [5, 5.41) is -0.260. The number of carbonyl (C=O) groups excluding carboxylic acids is 1. The Morgan fingerprint density at radius 2 is 2.08 bits per heavy atom. The van der Waals surface area contributed by atoms with E-state index in [1.54, 1.807) is 12.1 Å². The van der Waals surface area contributed by atoms with Crippen molar-refractivity contribution >= 4 is 21.9 Å². The molecule has 0 aliphatic rings. The Labute approximate surface area is 93.8 Å². The minimum absolute atomic E-state index is 0.0432. The van der Waals surface area contributed by atoms with Crippen molar-refractivity contribution in [2.75, 3.05) is 14.0 Å². The van der Waals surface area contributed by atoms with E-state index in [2.05, 4.69) is 20.8 Å². The average molecular weight is 250 g/mol. The summed E-state index contributed by atoms with van der Waals surface area (Å²) in [5.41, 5.74) is 0.0432. The van der Waals surface area contributed by atoms with Gasteiger partial charge < -0.3 is 4.84 Å². The van der Waals surface area contributed by atoms with Crippen LogP contribution in [0.5, 0.6) is 0 Å². The Morgan fingerprint density at radius 3 is 2.62 bits per heavy atom. The molecule has 4 heteroatoms. The van der Waals surface area contributed by atoms with Crippen LogP contribution in [0.4, 0.5) is 0 Å². The first-order chi connectivity index (χ1) is 8.51. The molecule has 0 spiro atoms. The second kappa shape index (κ2) is 4.39. The quantitative estimate of drug-likeness (QED) is 0.752. The van der Waals surface area contributed by atoms with Crippen LogP contribution in [-0.4, -0.2) is 25.0 Å². The molecule has 0 amide bonds. The van der Waals surface area contributed by atoms with Crippen molar-refractivity contribution in [2.24, 2.45) is 0 Å². The van der Waals surface area contributed by atoms with Crippen LogP contribution in [0.3, 0.4) is 0 Å². The molecule has 1 aromatic carbocycles. The fourth-order valence-corrected chi connectivity index (χ4v) is 0.986. The second-order valence-corrected chi connectivity index (χ2v) is 3.10. The van der Waals surface area contributed by atoms with Crippen molar-refractivity contribution in [3.05, 3.63) is 34.3 Å². The van der Waals surface area contributed by atoms with Crippen molar-refractivity contribution in [1.82, 2.24) is 5.06 Å². The predicted molar refractivity (Wildman–Crippen MR) is 53.2 cm³/mol. The molecule has 0 atom stereocenters. The van der Waals surface area contributed by atoms with Crippen LogP contribution in [0, 0.1) is 0 Å². The first-order valence-electron chi connectivity index (χ1n) is 6.30. The molecule has 0 saturated carbocycles. The van der Waals surface area contributed by atoms with Crippen molar-refractivity contribution in [2.45, 2.75) is 0 Å². The number of hydroxylamine groups is 2. The van der Waals surface area contributed by atoms with Gasteiger partial charge in [0.1, 0.15) is 0 Å². The molecule has 0 heterocycles. The van der Waals surface area contributed by atoms with Gasteiger partial charge in [0, 0.05) is 26.6 Å². The van der Waals surface area contributed by atoms with Crippen molar-refractivity contribution in [1.29, 1.82) is 0 Å². The highest BCUT2D eigenvalue weighted by atomic mass is 79.9. The summed E-state index contributed by atoms with van der Waals surface area (Å²) < 4.78 is 43.0. The summed E-state index contributed by atoms with van der Waals surface area (Å²) >= 11 is 3.17. The number of halogens is 1. The van der Waals surface area contributed by atoms with Crippen molar-refractivity contribution < 1.29 is 17.9 Å². The van der Waals surface area contributed by atoms with E-state index in [4.69, 9.17) is 8.22 Å². The fourth-order valence-electron chi connectivity index (χ4n) is 0.722. The van der Waals surface area contributed by atoms with E-state index >= 15 is 0 Å². The van der Waals surface area contributed by atoms with Gasteiger partial charge in [-0.2, -0.15) is 0 Å². The molecule has 3 nitrogen and oxygen atoms in total. The second-order valence-electron chi connectivity index (χ2n) is 2.18. The number of carbonyl (C=O) groups is 1. The lowest BCUT2D eigenvalue weighted by Gasteiger charge is -2.09. The van der Waals surface area contributed by atoms with Gasteiger partial charge in [-0.05, 0) is 24.3 Å². The molecule has 1 aromatic rings. The van der Waals surface area contributed by atoms with E-state index in [0.29, 0.717) is 4.47 Å². The molecule has 13 heavy (non-hydrogen) atoms. The van der Waals surface area contributed by atoms with Crippen molar-refractivity contribution in [3.63, 3.8) is 0 Å². The summed E-state index contributed by atoms with van der Waals surface area (Å²) in [4.78, 5) is 16.1. The lowest BCUT2D eigenvalue weighted by Crippen LogP contribution is -2.18. The van der Waals surface area contributed by atoms with E-state index in [9.17, 15) is 4.79 Å². The zero-order chi connectivity index (χ0) is 14.8. The van der Waals surface area contributed by atoms with E-state index in [0.717, 1.165) is 0 Å². The van der Waals surface area contributed by atoms with E-state index in [1.165, 1.54) is 12.1 Å². The topological polar surface area (TPSA) is 29.5 Å². The molecule has 0 fully saturated rings. The molecule has 0 aliphatic heterocycles. The minimum atomic E-state index is -3.07. The highest BCUT2D eigenvalue weighted by molar-refractivity contribution is 9.10. The number of benzene rings is 1. The molecular formula is C9H10BrNO2. The third-order valence-corrected chi connectivity index (χ3v) is 1.78. The molecule has 0 aromatic heterocycles. The zero-order valence-electron chi connectivity index (χ0n) is 12.5. The van der Waals surface area contributed by atoms with Crippen molar-refractivity contribution in [3.8, 4) is 0 Å². The Kier molecular flexibility index (Phi) is 1.54. The molecule has 0 radical (unpaired) electrons. The van der Waals surface area contributed by atoms with Gasteiger partial charge in [-0.15, -0.1) is 5.06 Å². The van der Waals surface area contributed by atoms with E-state index in [-0.39, 0.29) is 10.6 Å². The maximum absolute atomic E-state index is 11.7. The van der Waals surface area contributed by atoms with Gasteiger partial charge in [0.25, 0.3) is 0 Å². The van der Waals surface area contributed by atoms with Gasteiger partial charge in [-0.25, -0.2) is 4.79 Å². The summed E-state index contributed by atoms with van der Waals surface area (Å²) in [6, 6.07) is 5.85. The maximum Gasteiger partial charge on any atom is 0.356 e. The molecular weight excluding hydrogens is 234 g/mol. The van der Waals surface area contributed by atoms with Gasteiger partial charge in [0.05, 0.1) is 5.56 Å². The van der Waals surface area contributed by atoms with Crippen LogP contribution in [-0.2, 0) is 4.84 Å². The first kappa shape index (κ1) is 4.57. The van der Waals surface area contributed by atoms with E-state index < -0.39 is 19.9 Å². The highest BCUT2D eigenvalue weighted by Gasteiger charge is 2.07. The van der Waals surface area contributed by atoms with Crippen LogP contribution >= 0.6 is 15.9 Å². The average Bonchev–Trinajstić information content (AvgIpc) is 2.23. The molecule has 0 unspecified atom stereocenters. The van der Waals surface area contributed by atoms with Gasteiger partial charge in [0.2, 0.25) is 0 Å². The Hall–Kier alpha value is -0.870. The number of nitrogens with zero attached hydrogens (tertiary/aromatic N) is 1. The van der Waals surface area contributed by atoms with E-state index in [1.807, 2.05) is 0 Å². The molecule has 70 valence electrons. The summed E-state index contributed by atoms with van der Waals surface area (Å²) in [6.45, 7) is -6.15. The summed E-state index contributed by atoms with van der Waals surface area (Å²) in [7, 11) is 0. The third-order valence-electron chi connectivity index (χ3n) is 1.25. The molecule has 1 rings (SSSR count). The Morgan fingerprint density at radius 1 is 1.46 bits per heavy atom. The van der Waals surface area contributed by atoms with Crippen LogP contribution in [0.2, 0.25) is 0 Å². The van der Waals surface area contributed by atoms with Crippen LogP contribution < -0.4 is 0 Å². The zero-order valence-corrected chi connectivity index (χ0v) is 8.04. The third kappa shape index (κ3) is 3.16. The molecule has 0 bridgehead atoms. The Balaban J connectivity index is 2.92. The van der Waals surface area contributed by atoms with Crippen LogP contribution in [0.15, 0.2) is 28.7 Å². The minimum Gasteiger partial charge on any atom is -0.364 e. The maximum atomic E-state index is 11.7. The summed E-state index contributed by atoms with van der Waals surface area (Å²) in [6.07, 6.45) is 0. The van der Waals surface area contributed by atoms with Crippen LogP contribution in [0.25, 0.3) is 0 Å². The predicted octanol–water partition coefficient (Wildman–Crippen LogP) is 2.08. The van der Waals surface area contributed by atoms with Gasteiger partial charge >= 0.3 is 5.97 Å². The van der Waals surface area contributed by atoms with Gasteiger partial charge in [0.15, 0.2) is 0 Å². The Bertz CT molecular complexity index is 441. The molecule has 0 N–H and O–H groups in total. The lowest BCUT2D eigenvalue weighted by molar-refractivity contribution is -0.0713. The van der Waals surface area contributed by atoms with Gasteiger partial charge in [-0.3, -0.25) is 0 Å². The number of hydrogen-bond acceptors (Lipinski definition) is 3. The smallest absolute Gasteiger partial charge is 0.356 e. The fraction of sp³-hybridized carbons (Fsp3) is 0.222. The molecule has 0 aliphatic carbocycles. The van der Waals surface area contributed by atoms with Crippen LogP contribution in [0.1, 0.15) is 18.6 Å². The number of hydrogen-bond donors (Lipinski definition) is 0. The molecule has 0 saturated heterocycles. The van der Waals surface area contributed by atoms with Gasteiger partial charge in [-0.1, -0.05) is 15.9 Å². The highest BCUT2D eigenvalue weighted by Crippen LogP contribution is 2.11.